The van der Waals surface area contributed by atoms with Crippen LogP contribution in [0.4, 0.5) is 0 Å². The number of ether oxygens (including phenoxy) is 1. The normalized spacial score (nSPS) is 11.9. The predicted molar refractivity (Wildman–Crippen MR) is 97.8 cm³/mol. The number of methoxy groups -OCH3 is 1. The third-order valence-corrected chi connectivity index (χ3v) is 4.63. The Balaban J connectivity index is 2.13. The van der Waals surface area contributed by atoms with E-state index in [0.29, 0.717) is 15.7 Å². The quantitative estimate of drug-likeness (QED) is 0.724. The summed E-state index contributed by atoms with van der Waals surface area (Å²) in [5.74, 6) is -1.14. The van der Waals surface area contributed by atoms with E-state index in [1.165, 1.54) is 0 Å². The fraction of sp³-hybridized carbons (Fsp3) is 0.353. The lowest BCUT2D eigenvalue weighted by Crippen LogP contribution is -2.38. The number of benzene rings is 1. The number of aliphatic hydroxyl groups excluding tert-OH is 1. The van der Waals surface area contributed by atoms with E-state index in [-0.39, 0.29) is 18.9 Å². The average molecular weight is 400 g/mol. The molecule has 26 heavy (non-hydrogen) atoms. The Bertz CT molecular complexity index is 836. The smallest absolute Gasteiger partial charge is 0.336 e. The maximum absolute atomic E-state index is 12.1. The molecule has 1 amide bonds. The summed E-state index contributed by atoms with van der Waals surface area (Å²) >= 11 is 12.0. The maximum Gasteiger partial charge on any atom is 0.336 e. The van der Waals surface area contributed by atoms with Crippen molar-refractivity contribution in [1.29, 1.82) is 0 Å². The lowest BCUT2D eigenvalue weighted by molar-refractivity contribution is -0.150. The van der Waals surface area contributed by atoms with E-state index in [1.54, 1.807) is 29.8 Å². The van der Waals surface area contributed by atoms with Crippen LogP contribution in [0.5, 0.6) is 0 Å². The summed E-state index contributed by atoms with van der Waals surface area (Å²) in [5.41, 5.74) is 2.95. The van der Waals surface area contributed by atoms with Crippen LogP contribution in [-0.2, 0) is 20.7 Å². The molecule has 1 aromatic carbocycles. The van der Waals surface area contributed by atoms with Gasteiger partial charge in [0.1, 0.15) is 0 Å². The molecular formula is C17H19Cl2N3O4. The van der Waals surface area contributed by atoms with Gasteiger partial charge in [0, 0.05) is 11.3 Å². The number of aliphatic hydroxyl groups is 1. The van der Waals surface area contributed by atoms with E-state index < -0.39 is 12.1 Å². The summed E-state index contributed by atoms with van der Waals surface area (Å²) < 4.78 is 6.08. The number of nitrogens with zero attached hydrogens (tertiary/aromatic N) is 2. The molecule has 1 aromatic heterocycles. The summed E-state index contributed by atoms with van der Waals surface area (Å²) in [5, 5.41) is 17.3. The van der Waals surface area contributed by atoms with Crippen LogP contribution in [0.1, 0.15) is 17.0 Å². The molecule has 2 rings (SSSR count). The first kappa shape index (κ1) is 20.2. The van der Waals surface area contributed by atoms with Crippen LogP contribution in [0, 0.1) is 13.8 Å². The van der Waals surface area contributed by atoms with Crippen LogP contribution >= 0.6 is 23.2 Å². The number of carbonyl (C=O) groups is 2. The van der Waals surface area contributed by atoms with E-state index >= 15 is 0 Å². The van der Waals surface area contributed by atoms with Crippen LogP contribution in [0.25, 0.3) is 5.69 Å². The van der Waals surface area contributed by atoms with Gasteiger partial charge in [0.25, 0.3) is 0 Å². The molecule has 2 N–H and O–H groups in total. The highest BCUT2D eigenvalue weighted by Gasteiger charge is 2.19. The SMILES string of the molecule is COC(=O)[C@@H](O)CNC(=O)Cc1c(C)nn(-c2ccc(Cl)c(Cl)c2)c1C. The standard InChI is InChI=1S/C17H19Cl2N3O4/c1-9-12(7-16(24)20-8-15(23)17(25)26-3)10(2)22(21-9)11-4-5-13(18)14(19)6-11/h4-6,15,23H,7-8H2,1-3H3,(H,20,24)/t15-/m0/s1. The van der Waals surface area contributed by atoms with Crippen molar-refractivity contribution in [2.75, 3.05) is 13.7 Å². The number of hydrogen-bond donors (Lipinski definition) is 2. The molecule has 0 bridgehead atoms. The number of esters is 1. The van der Waals surface area contributed by atoms with Crippen molar-refractivity contribution in [2.45, 2.75) is 26.4 Å². The Morgan fingerprint density at radius 3 is 2.62 bits per heavy atom. The zero-order chi connectivity index (χ0) is 19.4. The molecule has 0 aliphatic rings. The summed E-state index contributed by atoms with van der Waals surface area (Å²) in [4.78, 5) is 23.3. The number of carbonyl (C=O) groups excluding carboxylic acids is 2. The first-order valence-corrected chi connectivity index (χ1v) is 8.53. The van der Waals surface area contributed by atoms with Gasteiger partial charge in [-0.2, -0.15) is 5.10 Å². The van der Waals surface area contributed by atoms with Crippen molar-refractivity contribution in [3.05, 3.63) is 45.2 Å². The van der Waals surface area contributed by atoms with Gasteiger partial charge in [0.15, 0.2) is 6.10 Å². The summed E-state index contributed by atoms with van der Waals surface area (Å²) in [6.07, 6.45) is -1.34. The second-order valence-corrected chi connectivity index (χ2v) is 6.49. The lowest BCUT2D eigenvalue weighted by atomic mass is 10.1. The van der Waals surface area contributed by atoms with Gasteiger partial charge in [-0.15, -0.1) is 0 Å². The minimum absolute atomic E-state index is 0.0624. The van der Waals surface area contributed by atoms with E-state index in [0.717, 1.165) is 24.1 Å². The highest BCUT2D eigenvalue weighted by Crippen LogP contribution is 2.26. The molecule has 0 aliphatic carbocycles. The van der Waals surface area contributed by atoms with Crippen LogP contribution < -0.4 is 5.32 Å². The molecule has 1 atom stereocenters. The molecular weight excluding hydrogens is 381 g/mol. The molecule has 0 radical (unpaired) electrons. The highest BCUT2D eigenvalue weighted by molar-refractivity contribution is 6.42. The molecule has 2 aromatic rings. The Morgan fingerprint density at radius 2 is 2.00 bits per heavy atom. The number of hydrogen-bond acceptors (Lipinski definition) is 5. The van der Waals surface area contributed by atoms with Crippen LogP contribution in [0.3, 0.4) is 0 Å². The summed E-state index contributed by atoms with van der Waals surface area (Å²) in [6.45, 7) is 3.42. The van der Waals surface area contributed by atoms with Crippen molar-refractivity contribution in [3.8, 4) is 5.69 Å². The molecule has 0 saturated carbocycles. The number of amides is 1. The van der Waals surface area contributed by atoms with Gasteiger partial charge in [-0.3, -0.25) is 4.79 Å². The number of aryl methyl sites for hydroxylation is 1. The maximum atomic E-state index is 12.1. The molecule has 7 nitrogen and oxygen atoms in total. The Hall–Kier alpha value is -2.09. The van der Waals surface area contributed by atoms with E-state index in [4.69, 9.17) is 23.2 Å². The Kier molecular flexibility index (Phi) is 6.63. The zero-order valence-electron chi connectivity index (χ0n) is 14.5. The van der Waals surface area contributed by atoms with Crippen LogP contribution in [-0.4, -0.2) is 46.5 Å². The Morgan fingerprint density at radius 1 is 1.31 bits per heavy atom. The number of halogens is 2. The highest BCUT2D eigenvalue weighted by atomic mass is 35.5. The van der Waals surface area contributed by atoms with Crippen LogP contribution in [0.2, 0.25) is 10.0 Å². The minimum atomic E-state index is -1.40. The lowest BCUT2D eigenvalue weighted by Gasteiger charge is -2.10. The van der Waals surface area contributed by atoms with Crippen molar-refractivity contribution < 1.29 is 19.4 Å². The van der Waals surface area contributed by atoms with Crippen molar-refractivity contribution >= 4 is 35.1 Å². The third kappa shape index (κ3) is 4.55. The molecule has 0 unspecified atom stereocenters. The first-order valence-electron chi connectivity index (χ1n) is 7.77. The topological polar surface area (TPSA) is 93.4 Å². The predicted octanol–water partition coefficient (Wildman–Crippen LogP) is 1.99. The van der Waals surface area contributed by atoms with E-state index in [2.05, 4.69) is 15.2 Å². The van der Waals surface area contributed by atoms with Gasteiger partial charge in [0.05, 0.1) is 41.5 Å². The zero-order valence-corrected chi connectivity index (χ0v) is 16.1. The second-order valence-electron chi connectivity index (χ2n) is 5.68. The first-order chi connectivity index (χ1) is 12.2. The molecule has 0 aliphatic heterocycles. The summed E-state index contributed by atoms with van der Waals surface area (Å²) in [6, 6.07) is 5.15. The number of rotatable bonds is 6. The van der Waals surface area contributed by atoms with Gasteiger partial charge in [-0.25, -0.2) is 9.48 Å². The molecule has 140 valence electrons. The van der Waals surface area contributed by atoms with Gasteiger partial charge in [-0.05, 0) is 32.0 Å². The second kappa shape index (κ2) is 8.53. The molecule has 9 heteroatoms. The molecule has 0 saturated heterocycles. The van der Waals surface area contributed by atoms with Gasteiger partial charge in [-0.1, -0.05) is 23.2 Å². The van der Waals surface area contributed by atoms with Crippen molar-refractivity contribution in [1.82, 2.24) is 15.1 Å². The average Bonchev–Trinajstić information content (AvgIpc) is 2.89. The molecule has 0 spiro atoms. The minimum Gasteiger partial charge on any atom is -0.467 e. The Labute approximate surface area is 160 Å². The van der Waals surface area contributed by atoms with Crippen molar-refractivity contribution in [3.63, 3.8) is 0 Å². The number of aromatic nitrogens is 2. The number of nitrogens with one attached hydrogen (secondary N) is 1. The molecule has 1 heterocycles. The molecule has 0 fully saturated rings. The van der Waals surface area contributed by atoms with Gasteiger partial charge in [0.2, 0.25) is 5.91 Å². The van der Waals surface area contributed by atoms with Crippen LogP contribution in [0.15, 0.2) is 18.2 Å². The van der Waals surface area contributed by atoms with Gasteiger partial charge < -0.3 is 15.2 Å². The van der Waals surface area contributed by atoms with Crippen molar-refractivity contribution in [2.24, 2.45) is 0 Å². The van der Waals surface area contributed by atoms with Gasteiger partial charge >= 0.3 is 5.97 Å². The third-order valence-electron chi connectivity index (χ3n) is 3.89. The monoisotopic (exact) mass is 399 g/mol. The van der Waals surface area contributed by atoms with E-state index in [9.17, 15) is 14.7 Å². The largest absolute Gasteiger partial charge is 0.467 e. The fourth-order valence-corrected chi connectivity index (χ4v) is 2.74. The van der Waals surface area contributed by atoms with E-state index in [1.807, 2.05) is 6.92 Å². The fourth-order valence-electron chi connectivity index (χ4n) is 2.45. The summed E-state index contributed by atoms with van der Waals surface area (Å²) in [7, 11) is 1.16.